The number of aromatic nitrogens is 3. The molecule has 3 heterocycles. The summed E-state index contributed by atoms with van der Waals surface area (Å²) in [6.45, 7) is 5.46. The lowest BCUT2D eigenvalue weighted by Crippen LogP contribution is -2.50. The molecule has 9 nitrogen and oxygen atoms in total. The summed E-state index contributed by atoms with van der Waals surface area (Å²) in [6.07, 6.45) is 0. The summed E-state index contributed by atoms with van der Waals surface area (Å²) in [5, 5.41) is 8.55. The summed E-state index contributed by atoms with van der Waals surface area (Å²) in [5.41, 5.74) is 1.38. The maximum absolute atomic E-state index is 13.0. The largest absolute Gasteiger partial charge is 0.454 e. The van der Waals surface area contributed by atoms with Crippen LogP contribution in [0.4, 0.5) is 0 Å². The lowest BCUT2D eigenvalue weighted by molar-refractivity contribution is -0.136. The van der Waals surface area contributed by atoms with Crippen molar-refractivity contribution in [1.29, 1.82) is 0 Å². The molecule has 0 bridgehead atoms. The van der Waals surface area contributed by atoms with Crippen LogP contribution in [-0.2, 0) is 11.3 Å². The van der Waals surface area contributed by atoms with Gasteiger partial charge in [0.15, 0.2) is 11.5 Å². The van der Waals surface area contributed by atoms with Crippen LogP contribution in [0.2, 0.25) is 0 Å². The number of ether oxygens (including phenoxy) is 2. The van der Waals surface area contributed by atoms with E-state index in [1.807, 2.05) is 18.2 Å². The second-order valence-electron chi connectivity index (χ2n) is 7.82. The van der Waals surface area contributed by atoms with E-state index in [-0.39, 0.29) is 18.3 Å². The third-order valence-corrected chi connectivity index (χ3v) is 5.84. The Morgan fingerprint density at radius 3 is 2.68 bits per heavy atom. The van der Waals surface area contributed by atoms with Gasteiger partial charge in [0.2, 0.25) is 12.7 Å². The van der Waals surface area contributed by atoms with E-state index in [1.165, 1.54) is 4.68 Å². The number of fused-ring (bicyclic) bond motifs is 2. The van der Waals surface area contributed by atoms with Crippen molar-refractivity contribution < 1.29 is 14.3 Å². The normalized spacial score (nSPS) is 17.1. The summed E-state index contributed by atoms with van der Waals surface area (Å²) in [4.78, 5) is 29.9. The highest BCUT2D eigenvalue weighted by molar-refractivity contribution is 5.81. The van der Waals surface area contributed by atoms with Crippen LogP contribution in [0.15, 0.2) is 47.3 Å². The van der Waals surface area contributed by atoms with Crippen molar-refractivity contribution in [1.82, 2.24) is 24.8 Å². The first-order valence-electron chi connectivity index (χ1n) is 10.3. The van der Waals surface area contributed by atoms with Gasteiger partial charge in [-0.3, -0.25) is 14.5 Å². The maximum atomic E-state index is 13.0. The van der Waals surface area contributed by atoms with E-state index < -0.39 is 6.04 Å². The summed E-state index contributed by atoms with van der Waals surface area (Å²) >= 11 is 0. The quantitative estimate of drug-likeness (QED) is 0.629. The molecule has 160 valence electrons. The minimum absolute atomic E-state index is 0.116. The van der Waals surface area contributed by atoms with Crippen LogP contribution in [0.1, 0.15) is 18.5 Å². The van der Waals surface area contributed by atoms with E-state index in [2.05, 4.69) is 15.2 Å². The Morgan fingerprint density at radius 1 is 1.06 bits per heavy atom. The molecule has 1 fully saturated rings. The second kappa shape index (κ2) is 7.99. The van der Waals surface area contributed by atoms with Crippen molar-refractivity contribution in [2.24, 2.45) is 0 Å². The van der Waals surface area contributed by atoms with E-state index in [0.29, 0.717) is 24.0 Å². The molecule has 0 radical (unpaired) electrons. The molecule has 0 aliphatic carbocycles. The Bertz CT molecular complexity index is 1190. The first kappa shape index (κ1) is 19.5. The Morgan fingerprint density at radius 2 is 1.84 bits per heavy atom. The fourth-order valence-electron chi connectivity index (χ4n) is 4.05. The molecular formula is C22H23N5O4. The van der Waals surface area contributed by atoms with Crippen LogP contribution in [0.25, 0.3) is 10.9 Å². The fourth-order valence-corrected chi connectivity index (χ4v) is 4.05. The number of amides is 1. The van der Waals surface area contributed by atoms with Crippen LogP contribution >= 0.6 is 0 Å². The standard InChI is InChI=1S/C22H23N5O4/c1-15(27-22(29)17-4-2-3-5-18(17)23-24-27)21(28)26-10-8-25(9-11-26)13-16-6-7-19-20(12-16)31-14-30-19/h2-7,12,15H,8-11,13-14H2,1H3/t15-/m0/s1. The number of rotatable bonds is 4. The molecule has 1 saturated heterocycles. The highest BCUT2D eigenvalue weighted by atomic mass is 16.7. The van der Waals surface area contributed by atoms with Crippen LogP contribution in [0.3, 0.4) is 0 Å². The van der Waals surface area contributed by atoms with Gasteiger partial charge in [0.25, 0.3) is 5.56 Å². The van der Waals surface area contributed by atoms with Crippen LogP contribution in [0.5, 0.6) is 11.5 Å². The van der Waals surface area contributed by atoms with Gasteiger partial charge >= 0.3 is 0 Å². The van der Waals surface area contributed by atoms with E-state index in [1.54, 1.807) is 36.1 Å². The maximum Gasteiger partial charge on any atom is 0.278 e. The van der Waals surface area contributed by atoms with Gasteiger partial charge in [-0.05, 0) is 36.8 Å². The van der Waals surface area contributed by atoms with Crippen molar-refractivity contribution in [2.75, 3.05) is 33.0 Å². The van der Waals surface area contributed by atoms with E-state index in [0.717, 1.165) is 36.7 Å². The van der Waals surface area contributed by atoms with Gasteiger partial charge in [-0.1, -0.05) is 23.4 Å². The van der Waals surface area contributed by atoms with Crippen molar-refractivity contribution in [2.45, 2.75) is 19.5 Å². The third-order valence-electron chi connectivity index (χ3n) is 5.84. The highest BCUT2D eigenvalue weighted by Gasteiger charge is 2.28. The molecule has 0 saturated carbocycles. The summed E-state index contributed by atoms with van der Waals surface area (Å²) < 4.78 is 12.0. The minimum atomic E-state index is -0.704. The molecule has 1 amide bonds. The molecule has 0 N–H and O–H groups in total. The predicted molar refractivity (Wildman–Crippen MR) is 113 cm³/mol. The Balaban J connectivity index is 1.23. The lowest BCUT2D eigenvalue weighted by atomic mass is 10.1. The molecule has 1 atom stereocenters. The number of piperazine rings is 1. The Labute approximate surface area is 178 Å². The summed E-state index contributed by atoms with van der Waals surface area (Å²) in [5.74, 6) is 1.44. The zero-order chi connectivity index (χ0) is 21.4. The first-order chi connectivity index (χ1) is 15.1. The topological polar surface area (TPSA) is 89.8 Å². The highest BCUT2D eigenvalue weighted by Crippen LogP contribution is 2.32. The smallest absolute Gasteiger partial charge is 0.278 e. The van der Waals surface area contributed by atoms with Crippen LogP contribution in [-0.4, -0.2) is 63.7 Å². The molecule has 1 aromatic heterocycles. The molecule has 3 aromatic rings. The molecule has 0 unspecified atom stereocenters. The zero-order valence-electron chi connectivity index (χ0n) is 17.2. The van der Waals surface area contributed by atoms with Gasteiger partial charge in [-0.15, -0.1) is 5.10 Å². The number of nitrogens with zero attached hydrogens (tertiary/aromatic N) is 5. The molecule has 2 aliphatic rings. The lowest BCUT2D eigenvalue weighted by Gasteiger charge is -2.36. The van der Waals surface area contributed by atoms with Crippen molar-refractivity contribution >= 4 is 16.8 Å². The van der Waals surface area contributed by atoms with E-state index in [9.17, 15) is 9.59 Å². The number of carbonyl (C=O) groups is 1. The number of hydrogen-bond donors (Lipinski definition) is 0. The molecule has 2 aliphatic heterocycles. The molecule has 0 spiro atoms. The molecule has 5 rings (SSSR count). The average Bonchev–Trinajstić information content (AvgIpc) is 3.27. The summed E-state index contributed by atoms with van der Waals surface area (Å²) in [7, 11) is 0. The SMILES string of the molecule is C[C@@H](C(=O)N1CCN(Cc2ccc3c(c2)OCO3)CC1)n1nnc2ccccc2c1=O. The van der Waals surface area contributed by atoms with Gasteiger partial charge in [-0.2, -0.15) is 4.68 Å². The minimum Gasteiger partial charge on any atom is -0.454 e. The van der Waals surface area contributed by atoms with Gasteiger partial charge in [0, 0.05) is 32.7 Å². The molecule has 9 heteroatoms. The summed E-state index contributed by atoms with van der Waals surface area (Å²) in [6, 6.07) is 12.3. The van der Waals surface area contributed by atoms with Crippen molar-refractivity contribution in [3.63, 3.8) is 0 Å². The number of benzene rings is 2. The number of carbonyl (C=O) groups excluding carboxylic acids is 1. The van der Waals surface area contributed by atoms with Crippen LogP contribution < -0.4 is 15.0 Å². The van der Waals surface area contributed by atoms with E-state index >= 15 is 0 Å². The first-order valence-corrected chi connectivity index (χ1v) is 10.3. The van der Waals surface area contributed by atoms with Crippen LogP contribution in [0, 0.1) is 0 Å². The predicted octanol–water partition coefficient (Wildman–Crippen LogP) is 1.43. The molecule has 31 heavy (non-hydrogen) atoms. The van der Waals surface area contributed by atoms with Gasteiger partial charge in [-0.25, -0.2) is 0 Å². The average molecular weight is 421 g/mol. The van der Waals surface area contributed by atoms with E-state index in [4.69, 9.17) is 9.47 Å². The van der Waals surface area contributed by atoms with Crippen molar-refractivity contribution in [3.05, 3.63) is 58.4 Å². The fraction of sp³-hybridized carbons (Fsp3) is 0.364. The van der Waals surface area contributed by atoms with Gasteiger partial charge in [0.1, 0.15) is 11.6 Å². The third kappa shape index (κ3) is 3.72. The van der Waals surface area contributed by atoms with Crippen molar-refractivity contribution in [3.8, 4) is 11.5 Å². The zero-order valence-corrected chi connectivity index (χ0v) is 17.2. The van der Waals surface area contributed by atoms with Gasteiger partial charge < -0.3 is 14.4 Å². The number of hydrogen-bond acceptors (Lipinski definition) is 7. The monoisotopic (exact) mass is 421 g/mol. The Kier molecular flexibility index (Phi) is 5.03. The second-order valence-corrected chi connectivity index (χ2v) is 7.82. The molecule has 2 aromatic carbocycles. The molecular weight excluding hydrogens is 398 g/mol. The Hall–Kier alpha value is -3.46. The van der Waals surface area contributed by atoms with Gasteiger partial charge in [0.05, 0.1) is 5.39 Å².